The number of benzene rings is 1. The molecule has 2 rings (SSSR count). The van der Waals surface area contributed by atoms with Crippen molar-refractivity contribution >= 4 is 17.6 Å². The fourth-order valence-corrected chi connectivity index (χ4v) is 2.76. The zero-order valence-corrected chi connectivity index (χ0v) is 11.5. The molecule has 1 heterocycles. The molecule has 4 heteroatoms. The van der Waals surface area contributed by atoms with E-state index in [0.29, 0.717) is 6.54 Å². The first-order valence-electron chi connectivity index (χ1n) is 6.08. The monoisotopic (exact) mass is 267 g/mol. The number of hydrogen-bond acceptors (Lipinski definition) is 3. The van der Waals surface area contributed by atoms with Gasteiger partial charge in [-0.1, -0.05) is 30.7 Å². The van der Waals surface area contributed by atoms with E-state index in [9.17, 15) is 4.79 Å². The van der Waals surface area contributed by atoms with E-state index in [4.69, 9.17) is 16.3 Å². The largest absolute Gasteiger partial charge is 0.469 e. The zero-order chi connectivity index (χ0) is 13.2. The van der Waals surface area contributed by atoms with Crippen LogP contribution in [0.5, 0.6) is 0 Å². The average molecular weight is 268 g/mol. The van der Waals surface area contributed by atoms with Crippen LogP contribution in [-0.2, 0) is 16.0 Å². The molecule has 1 aromatic carbocycles. The van der Waals surface area contributed by atoms with E-state index in [1.54, 1.807) is 0 Å². The smallest absolute Gasteiger partial charge is 0.310 e. The lowest BCUT2D eigenvalue weighted by Gasteiger charge is -2.28. The molecular formula is C14H18ClNO2. The summed E-state index contributed by atoms with van der Waals surface area (Å²) in [6, 6.07) is 7.80. The summed E-state index contributed by atoms with van der Waals surface area (Å²) < 4.78 is 4.89. The van der Waals surface area contributed by atoms with Gasteiger partial charge in [0.2, 0.25) is 0 Å². The van der Waals surface area contributed by atoms with Crippen LogP contribution in [0.1, 0.15) is 12.5 Å². The van der Waals surface area contributed by atoms with Crippen molar-refractivity contribution in [2.75, 3.05) is 20.2 Å². The summed E-state index contributed by atoms with van der Waals surface area (Å²) in [5, 5.41) is 4.02. The second-order valence-corrected chi connectivity index (χ2v) is 5.60. The van der Waals surface area contributed by atoms with Crippen LogP contribution >= 0.6 is 11.6 Å². The number of halogens is 1. The van der Waals surface area contributed by atoms with E-state index >= 15 is 0 Å². The van der Waals surface area contributed by atoms with E-state index in [1.807, 2.05) is 24.3 Å². The quantitative estimate of drug-likeness (QED) is 0.854. The molecule has 0 spiro atoms. The maximum atomic E-state index is 11.8. The second-order valence-electron chi connectivity index (χ2n) is 5.16. The highest BCUT2D eigenvalue weighted by Gasteiger charge is 2.43. The number of nitrogens with one attached hydrogen (secondary N) is 1. The lowest BCUT2D eigenvalue weighted by Crippen LogP contribution is -2.35. The van der Waals surface area contributed by atoms with Crippen molar-refractivity contribution < 1.29 is 9.53 Å². The lowest BCUT2D eigenvalue weighted by molar-refractivity contribution is -0.148. The number of methoxy groups -OCH3 is 1. The fraction of sp³-hybridized carbons (Fsp3) is 0.500. The Morgan fingerprint density at radius 2 is 2.17 bits per heavy atom. The van der Waals surface area contributed by atoms with Gasteiger partial charge in [0, 0.05) is 18.1 Å². The summed E-state index contributed by atoms with van der Waals surface area (Å²) in [6.07, 6.45) is 0.844. The SMILES string of the molecule is COC(=O)C1CNCC1(C)Cc1ccc(Cl)cc1. The molecule has 1 aliphatic heterocycles. The van der Waals surface area contributed by atoms with Crippen LogP contribution in [0, 0.1) is 11.3 Å². The van der Waals surface area contributed by atoms with E-state index < -0.39 is 0 Å². The van der Waals surface area contributed by atoms with Crippen molar-refractivity contribution in [3.8, 4) is 0 Å². The van der Waals surface area contributed by atoms with Crippen LogP contribution in [0.3, 0.4) is 0 Å². The first-order chi connectivity index (χ1) is 8.55. The topological polar surface area (TPSA) is 38.3 Å². The lowest BCUT2D eigenvalue weighted by atomic mass is 9.75. The van der Waals surface area contributed by atoms with Crippen LogP contribution in [-0.4, -0.2) is 26.2 Å². The second kappa shape index (κ2) is 5.29. The molecule has 0 bridgehead atoms. The van der Waals surface area contributed by atoms with Gasteiger partial charge in [-0.2, -0.15) is 0 Å². The van der Waals surface area contributed by atoms with Crippen LogP contribution in [0.25, 0.3) is 0 Å². The molecule has 98 valence electrons. The summed E-state index contributed by atoms with van der Waals surface area (Å²) in [5.74, 6) is -0.213. The predicted octanol–water partition coefficient (Wildman–Crippen LogP) is 2.28. The molecule has 1 aromatic rings. The number of esters is 1. The van der Waals surface area contributed by atoms with Crippen molar-refractivity contribution in [1.29, 1.82) is 0 Å². The Labute approximate surface area is 112 Å². The summed E-state index contributed by atoms with van der Waals surface area (Å²) in [7, 11) is 1.45. The number of carbonyl (C=O) groups excluding carboxylic acids is 1. The Kier molecular flexibility index (Phi) is 3.93. The standard InChI is InChI=1S/C14H18ClNO2/c1-14(7-10-3-5-11(15)6-4-10)9-16-8-12(14)13(17)18-2/h3-6,12,16H,7-9H2,1-2H3. The molecule has 0 saturated carbocycles. The molecule has 1 saturated heterocycles. The molecule has 0 radical (unpaired) electrons. The van der Waals surface area contributed by atoms with Gasteiger partial charge in [-0.15, -0.1) is 0 Å². The molecule has 2 unspecified atom stereocenters. The highest BCUT2D eigenvalue weighted by molar-refractivity contribution is 6.30. The summed E-state index contributed by atoms with van der Waals surface area (Å²) in [6.45, 7) is 3.65. The number of hydrogen-bond donors (Lipinski definition) is 1. The van der Waals surface area contributed by atoms with Crippen molar-refractivity contribution in [3.05, 3.63) is 34.9 Å². The predicted molar refractivity (Wildman–Crippen MR) is 71.6 cm³/mol. The molecule has 0 aromatic heterocycles. The van der Waals surface area contributed by atoms with Crippen molar-refractivity contribution in [3.63, 3.8) is 0 Å². The number of rotatable bonds is 3. The normalized spacial score (nSPS) is 27.2. The summed E-state index contributed by atoms with van der Waals surface area (Å²) in [4.78, 5) is 11.8. The molecule has 2 atom stereocenters. The third kappa shape index (κ3) is 2.68. The summed E-state index contributed by atoms with van der Waals surface area (Å²) >= 11 is 5.88. The Morgan fingerprint density at radius 1 is 1.50 bits per heavy atom. The zero-order valence-electron chi connectivity index (χ0n) is 10.7. The van der Waals surface area contributed by atoms with Crippen molar-refractivity contribution in [1.82, 2.24) is 5.32 Å². The van der Waals surface area contributed by atoms with Gasteiger partial charge in [-0.05, 0) is 29.5 Å². The molecule has 18 heavy (non-hydrogen) atoms. The van der Waals surface area contributed by atoms with Crippen LogP contribution < -0.4 is 5.32 Å². The first kappa shape index (κ1) is 13.4. The minimum Gasteiger partial charge on any atom is -0.469 e. The first-order valence-corrected chi connectivity index (χ1v) is 6.46. The maximum Gasteiger partial charge on any atom is 0.310 e. The Hall–Kier alpha value is -1.06. The van der Waals surface area contributed by atoms with Crippen LogP contribution in [0.4, 0.5) is 0 Å². The van der Waals surface area contributed by atoms with Gasteiger partial charge in [-0.25, -0.2) is 0 Å². The molecular weight excluding hydrogens is 250 g/mol. The Morgan fingerprint density at radius 3 is 2.78 bits per heavy atom. The van der Waals surface area contributed by atoms with Crippen molar-refractivity contribution in [2.24, 2.45) is 11.3 Å². The van der Waals surface area contributed by atoms with Gasteiger partial charge in [0.1, 0.15) is 0 Å². The van der Waals surface area contributed by atoms with Crippen LogP contribution in [0.15, 0.2) is 24.3 Å². The minimum absolute atomic E-state index is 0.0850. The highest BCUT2D eigenvalue weighted by Crippen LogP contribution is 2.35. The van der Waals surface area contributed by atoms with E-state index in [0.717, 1.165) is 18.0 Å². The molecule has 3 nitrogen and oxygen atoms in total. The Bertz CT molecular complexity index is 432. The molecule has 0 amide bonds. The average Bonchev–Trinajstić information content (AvgIpc) is 2.73. The van der Waals surface area contributed by atoms with Gasteiger partial charge in [0.05, 0.1) is 13.0 Å². The molecule has 0 aliphatic carbocycles. The van der Waals surface area contributed by atoms with Gasteiger partial charge >= 0.3 is 5.97 Å². The van der Waals surface area contributed by atoms with E-state index in [1.165, 1.54) is 12.7 Å². The molecule has 1 fully saturated rings. The molecule has 1 aliphatic rings. The third-order valence-corrected chi connectivity index (χ3v) is 3.98. The Balaban J connectivity index is 2.15. The number of carbonyl (C=O) groups is 1. The van der Waals surface area contributed by atoms with Gasteiger partial charge in [0.15, 0.2) is 0 Å². The van der Waals surface area contributed by atoms with E-state index in [-0.39, 0.29) is 17.3 Å². The number of ether oxygens (including phenoxy) is 1. The highest BCUT2D eigenvalue weighted by atomic mass is 35.5. The van der Waals surface area contributed by atoms with Gasteiger partial charge in [-0.3, -0.25) is 4.79 Å². The maximum absolute atomic E-state index is 11.8. The third-order valence-electron chi connectivity index (χ3n) is 3.73. The van der Waals surface area contributed by atoms with Gasteiger partial charge in [0.25, 0.3) is 0 Å². The van der Waals surface area contributed by atoms with E-state index in [2.05, 4.69) is 12.2 Å². The van der Waals surface area contributed by atoms with Crippen LogP contribution in [0.2, 0.25) is 5.02 Å². The fourth-order valence-electron chi connectivity index (χ4n) is 2.64. The summed E-state index contributed by atoms with van der Waals surface area (Å²) in [5.41, 5.74) is 1.10. The van der Waals surface area contributed by atoms with Crippen molar-refractivity contribution in [2.45, 2.75) is 13.3 Å². The minimum atomic E-state index is -0.128. The van der Waals surface area contributed by atoms with Gasteiger partial charge < -0.3 is 10.1 Å². The molecule has 1 N–H and O–H groups in total.